The zero-order valence-electron chi connectivity index (χ0n) is 10.4. The van der Waals surface area contributed by atoms with Crippen molar-refractivity contribution >= 4 is 9.53 Å². The molecule has 0 rings (SSSR count). The molecule has 0 aromatic carbocycles. The van der Waals surface area contributed by atoms with Crippen molar-refractivity contribution in [2.24, 2.45) is 5.41 Å². The first kappa shape index (κ1) is 14.1. The zero-order valence-corrected chi connectivity index (χ0v) is 11.4. The van der Waals surface area contributed by atoms with E-state index >= 15 is 0 Å². The lowest BCUT2D eigenvalue weighted by Gasteiger charge is -2.33. The molecule has 0 amide bonds. The molecule has 0 aromatic heterocycles. The molecular weight excluding hydrogens is 196 g/mol. The molecule has 0 aromatic rings. The Hall–Kier alpha value is 0.0969. The van der Waals surface area contributed by atoms with Gasteiger partial charge in [-0.15, -0.1) is 0 Å². The summed E-state index contributed by atoms with van der Waals surface area (Å²) in [4.78, 5) is 0. The minimum absolute atomic E-state index is 0.196. The molecule has 0 N–H and O–H groups in total. The summed E-state index contributed by atoms with van der Waals surface area (Å²) in [5.74, 6) is 0. The fraction of sp³-hybridized carbons (Fsp3) is 1.00. The maximum Gasteiger partial charge on any atom is 0.577 e. The van der Waals surface area contributed by atoms with E-state index in [-0.39, 0.29) is 11.0 Å². The fourth-order valence-corrected chi connectivity index (χ4v) is 2.56. The first-order chi connectivity index (χ1) is 6.20. The van der Waals surface area contributed by atoms with Gasteiger partial charge in [-0.05, 0) is 25.7 Å². The molecule has 0 aliphatic carbocycles. The Morgan fingerprint density at radius 1 is 0.929 bits per heavy atom. The van der Waals surface area contributed by atoms with E-state index in [4.69, 9.17) is 13.3 Å². The lowest BCUT2D eigenvalue weighted by Crippen LogP contribution is -2.39. The molecule has 0 bridgehead atoms. The van der Waals surface area contributed by atoms with Crippen LogP contribution in [0.15, 0.2) is 0 Å². The van der Waals surface area contributed by atoms with Crippen LogP contribution in [-0.4, -0.2) is 29.3 Å². The molecule has 0 heterocycles. The Morgan fingerprint density at radius 3 is 1.64 bits per heavy atom. The second kappa shape index (κ2) is 5.26. The summed E-state index contributed by atoms with van der Waals surface area (Å²) in [5.41, 5.74) is 0.0521. The third kappa shape index (κ3) is 6.54. The van der Waals surface area contributed by atoms with Gasteiger partial charge in [0, 0.05) is 14.2 Å². The van der Waals surface area contributed by atoms with Crippen molar-refractivity contribution in [2.45, 2.75) is 46.6 Å². The molecule has 0 aliphatic heterocycles. The average Bonchev–Trinajstić information content (AvgIpc) is 1.95. The lowest BCUT2D eigenvalue weighted by atomic mass is 9.84. The van der Waals surface area contributed by atoms with E-state index in [1.165, 1.54) is 0 Å². The maximum absolute atomic E-state index is 5.77. The van der Waals surface area contributed by atoms with Crippen LogP contribution in [0.25, 0.3) is 0 Å². The van der Waals surface area contributed by atoms with Gasteiger partial charge in [0.15, 0.2) is 0 Å². The van der Waals surface area contributed by atoms with E-state index in [0.29, 0.717) is 0 Å². The van der Waals surface area contributed by atoms with Gasteiger partial charge in [0.05, 0.1) is 5.60 Å². The van der Waals surface area contributed by atoms with Gasteiger partial charge in [0.2, 0.25) is 0 Å². The summed E-state index contributed by atoms with van der Waals surface area (Å²) in [5, 5.41) is 0. The molecule has 0 fully saturated rings. The van der Waals surface area contributed by atoms with Crippen LogP contribution in [0.5, 0.6) is 0 Å². The molecule has 85 valence electrons. The van der Waals surface area contributed by atoms with Crippen LogP contribution in [0.3, 0.4) is 0 Å². The zero-order chi connectivity index (χ0) is 11.4. The van der Waals surface area contributed by atoms with Gasteiger partial charge in [0.25, 0.3) is 0 Å². The number of hydrogen-bond donors (Lipinski definition) is 0. The van der Waals surface area contributed by atoms with Crippen molar-refractivity contribution in [3.63, 3.8) is 0 Å². The van der Waals surface area contributed by atoms with E-state index < -0.39 is 9.53 Å². The van der Waals surface area contributed by atoms with Gasteiger partial charge < -0.3 is 13.3 Å². The summed E-state index contributed by atoms with van der Waals surface area (Å²) in [6.45, 7) is 10.7. The second-order valence-electron chi connectivity index (χ2n) is 5.26. The van der Waals surface area contributed by atoms with Crippen LogP contribution < -0.4 is 0 Å². The molecule has 0 spiro atoms. The highest BCUT2D eigenvalue weighted by Gasteiger charge is 2.31. The van der Waals surface area contributed by atoms with Crippen molar-refractivity contribution in [3.8, 4) is 0 Å². The molecule has 1 radical (unpaired) electrons. The molecule has 0 aliphatic rings. The van der Waals surface area contributed by atoms with Gasteiger partial charge in [-0.3, -0.25) is 0 Å². The van der Waals surface area contributed by atoms with Gasteiger partial charge in [-0.25, -0.2) is 0 Å². The quantitative estimate of drug-likeness (QED) is 0.665. The standard InChI is InChI=1S/C10H23O3Si/c1-9(2,3)8-10(4,5)13-14(11-6)12-7/h8H2,1-7H3. The van der Waals surface area contributed by atoms with E-state index in [1.54, 1.807) is 14.2 Å². The molecule has 0 saturated carbocycles. The summed E-state index contributed by atoms with van der Waals surface area (Å²) in [7, 11) is 1.68. The summed E-state index contributed by atoms with van der Waals surface area (Å²) >= 11 is 0. The number of hydrogen-bond acceptors (Lipinski definition) is 3. The van der Waals surface area contributed by atoms with Crippen LogP contribution in [0.2, 0.25) is 0 Å². The maximum atomic E-state index is 5.77. The van der Waals surface area contributed by atoms with E-state index in [1.807, 2.05) is 0 Å². The predicted molar refractivity (Wildman–Crippen MR) is 59.0 cm³/mol. The Morgan fingerprint density at radius 2 is 1.36 bits per heavy atom. The number of rotatable bonds is 5. The van der Waals surface area contributed by atoms with Gasteiger partial charge in [-0.2, -0.15) is 0 Å². The van der Waals surface area contributed by atoms with E-state index in [0.717, 1.165) is 6.42 Å². The molecule has 14 heavy (non-hydrogen) atoms. The first-order valence-electron chi connectivity index (χ1n) is 4.84. The largest absolute Gasteiger partial charge is 0.577 e. The van der Waals surface area contributed by atoms with Gasteiger partial charge in [0.1, 0.15) is 0 Å². The SMILES string of the molecule is CO[Si](OC)OC(C)(C)CC(C)(C)C. The molecule has 0 unspecified atom stereocenters. The van der Waals surface area contributed by atoms with Crippen LogP contribution in [-0.2, 0) is 13.3 Å². The fourth-order valence-electron chi connectivity index (χ4n) is 1.71. The van der Waals surface area contributed by atoms with Crippen LogP contribution in [0.1, 0.15) is 41.0 Å². The van der Waals surface area contributed by atoms with Crippen LogP contribution in [0.4, 0.5) is 0 Å². The van der Waals surface area contributed by atoms with Crippen molar-refractivity contribution in [3.05, 3.63) is 0 Å². The van der Waals surface area contributed by atoms with E-state index in [2.05, 4.69) is 34.6 Å². The third-order valence-corrected chi connectivity index (χ3v) is 3.03. The Labute approximate surface area is 89.7 Å². The normalized spacial score (nSPS) is 13.7. The molecular formula is C10H23O3Si. The van der Waals surface area contributed by atoms with Gasteiger partial charge >= 0.3 is 9.53 Å². The average molecular weight is 219 g/mol. The van der Waals surface area contributed by atoms with Gasteiger partial charge in [-0.1, -0.05) is 20.8 Å². The minimum Gasteiger partial charge on any atom is -0.375 e. The molecule has 3 nitrogen and oxygen atoms in total. The minimum atomic E-state index is -1.55. The van der Waals surface area contributed by atoms with Crippen molar-refractivity contribution in [1.82, 2.24) is 0 Å². The van der Waals surface area contributed by atoms with Crippen molar-refractivity contribution in [2.75, 3.05) is 14.2 Å². The predicted octanol–water partition coefficient (Wildman–Crippen LogP) is 2.50. The second-order valence-corrected chi connectivity index (χ2v) is 6.78. The summed E-state index contributed by atoms with van der Waals surface area (Å²) in [6.07, 6.45) is 0.973. The lowest BCUT2D eigenvalue weighted by molar-refractivity contribution is 0.00344. The summed E-state index contributed by atoms with van der Waals surface area (Å²) < 4.78 is 16.0. The Balaban J connectivity index is 4.18. The molecule has 0 atom stereocenters. The highest BCUT2D eigenvalue weighted by atomic mass is 28.3. The summed E-state index contributed by atoms with van der Waals surface area (Å²) in [6, 6.07) is 0. The monoisotopic (exact) mass is 219 g/mol. The topological polar surface area (TPSA) is 27.7 Å². The molecule has 0 saturated heterocycles. The highest BCUT2D eigenvalue weighted by molar-refractivity contribution is 6.36. The van der Waals surface area contributed by atoms with E-state index in [9.17, 15) is 0 Å². The van der Waals surface area contributed by atoms with Crippen LogP contribution in [0, 0.1) is 5.41 Å². The van der Waals surface area contributed by atoms with Crippen molar-refractivity contribution < 1.29 is 13.3 Å². The Kier molecular flexibility index (Phi) is 5.29. The molecule has 4 heteroatoms. The Bertz CT molecular complexity index is 159. The van der Waals surface area contributed by atoms with Crippen molar-refractivity contribution in [1.29, 1.82) is 0 Å². The third-order valence-electron chi connectivity index (χ3n) is 1.65. The van der Waals surface area contributed by atoms with Crippen LogP contribution >= 0.6 is 0 Å². The first-order valence-corrected chi connectivity index (χ1v) is 6.06. The smallest absolute Gasteiger partial charge is 0.375 e. The highest BCUT2D eigenvalue weighted by Crippen LogP contribution is 2.29.